The van der Waals surface area contributed by atoms with Crippen molar-refractivity contribution in [3.63, 3.8) is 0 Å². The first-order valence-electron chi connectivity index (χ1n) is 6.81. The van der Waals surface area contributed by atoms with Crippen LogP contribution in [-0.2, 0) is 14.3 Å². The second kappa shape index (κ2) is 6.67. The van der Waals surface area contributed by atoms with Gasteiger partial charge in [0.2, 0.25) is 0 Å². The molecule has 1 fully saturated rings. The van der Waals surface area contributed by atoms with Gasteiger partial charge in [-0.3, -0.25) is 4.79 Å². The van der Waals surface area contributed by atoms with Crippen molar-refractivity contribution in [3.8, 4) is 0 Å². The summed E-state index contributed by atoms with van der Waals surface area (Å²) in [6, 6.07) is 3.73. The van der Waals surface area contributed by atoms with Crippen LogP contribution in [0.1, 0.15) is 30.1 Å². The number of hydrogen-bond donors (Lipinski definition) is 1. The van der Waals surface area contributed by atoms with Crippen molar-refractivity contribution in [1.29, 1.82) is 0 Å². The van der Waals surface area contributed by atoms with Crippen LogP contribution in [-0.4, -0.2) is 31.7 Å². The molecule has 0 unspecified atom stereocenters. The number of esters is 1. The molecule has 1 aliphatic rings. The summed E-state index contributed by atoms with van der Waals surface area (Å²) in [6.07, 6.45) is 1.70. The van der Waals surface area contributed by atoms with Crippen molar-refractivity contribution < 1.29 is 23.5 Å². The molecule has 0 aliphatic heterocycles. The van der Waals surface area contributed by atoms with Crippen molar-refractivity contribution in [2.75, 3.05) is 19.0 Å². The number of rotatable bonds is 6. The molecule has 2 rings (SSSR count). The van der Waals surface area contributed by atoms with Gasteiger partial charge in [0, 0.05) is 5.69 Å². The summed E-state index contributed by atoms with van der Waals surface area (Å²) in [5.41, 5.74) is 0.102. The van der Waals surface area contributed by atoms with Crippen LogP contribution in [0.3, 0.4) is 0 Å². The number of methoxy groups -OCH3 is 1. The Kier molecular flexibility index (Phi) is 4.90. The quantitative estimate of drug-likeness (QED) is 0.818. The van der Waals surface area contributed by atoms with Crippen molar-refractivity contribution in [2.45, 2.75) is 25.9 Å². The van der Waals surface area contributed by atoms with Gasteiger partial charge in [-0.05, 0) is 43.9 Å². The van der Waals surface area contributed by atoms with E-state index in [-0.39, 0.29) is 11.5 Å². The topological polar surface area (TPSA) is 64.6 Å². The summed E-state index contributed by atoms with van der Waals surface area (Å²) in [5.74, 6) is -1.26. The number of nitrogens with one attached hydrogen (secondary N) is 1. The average Bonchev–Trinajstić information content (AvgIpc) is 3.30. The number of carbonyl (C=O) groups is 2. The monoisotopic (exact) mass is 295 g/mol. The Bertz CT molecular complexity index is 542. The number of ether oxygens (including phenoxy) is 2. The van der Waals surface area contributed by atoms with Gasteiger partial charge in [0.15, 0.2) is 0 Å². The maximum absolute atomic E-state index is 13.5. The number of amides is 1. The molecular weight excluding hydrogens is 277 g/mol. The van der Waals surface area contributed by atoms with E-state index in [1.54, 1.807) is 6.92 Å². The van der Waals surface area contributed by atoms with E-state index >= 15 is 0 Å². The van der Waals surface area contributed by atoms with Crippen molar-refractivity contribution in [3.05, 3.63) is 29.6 Å². The van der Waals surface area contributed by atoms with Crippen molar-refractivity contribution in [2.24, 2.45) is 5.92 Å². The zero-order valence-corrected chi connectivity index (χ0v) is 12.0. The Morgan fingerprint density at radius 1 is 1.43 bits per heavy atom. The molecule has 1 atom stereocenters. The fraction of sp³-hybridized carbons (Fsp3) is 0.467. The van der Waals surface area contributed by atoms with Gasteiger partial charge in [-0.2, -0.15) is 0 Å². The molecule has 0 aromatic heterocycles. The fourth-order valence-electron chi connectivity index (χ4n) is 1.75. The molecule has 1 saturated carbocycles. The van der Waals surface area contributed by atoms with Gasteiger partial charge in [0.05, 0.1) is 19.3 Å². The SMILES string of the molecule is COC(=O)c1cc(NC(=O)[C@@H](C)OCC2CC2)ccc1F. The molecule has 1 N–H and O–H groups in total. The third-order valence-electron chi connectivity index (χ3n) is 3.29. The maximum atomic E-state index is 13.5. The van der Waals surface area contributed by atoms with Gasteiger partial charge in [0.1, 0.15) is 11.9 Å². The van der Waals surface area contributed by atoms with E-state index in [1.165, 1.54) is 19.2 Å². The summed E-state index contributed by atoms with van der Waals surface area (Å²) < 4.78 is 23.4. The molecule has 114 valence electrons. The molecule has 0 saturated heterocycles. The summed E-state index contributed by atoms with van der Waals surface area (Å²) in [5, 5.41) is 2.59. The Labute approximate surface area is 122 Å². The van der Waals surface area contributed by atoms with E-state index in [9.17, 15) is 14.0 Å². The number of carbonyl (C=O) groups excluding carboxylic acids is 2. The molecule has 1 amide bonds. The lowest BCUT2D eigenvalue weighted by Crippen LogP contribution is -2.28. The predicted octanol–water partition coefficient (Wildman–Crippen LogP) is 2.37. The molecule has 1 aromatic carbocycles. The Morgan fingerprint density at radius 3 is 2.76 bits per heavy atom. The average molecular weight is 295 g/mol. The summed E-state index contributed by atoms with van der Waals surface area (Å²) in [4.78, 5) is 23.3. The lowest BCUT2D eigenvalue weighted by Gasteiger charge is -2.13. The summed E-state index contributed by atoms with van der Waals surface area (Å²) >= 11 is 0. The first kappa shape index (κ1) is 15.4. The van der Waals surface area contributed by atoms with Crippen LogP contribution in [0.4, 0.5) is 10.1 Å². The minimum atomic E-state index is -0.790. The molecule has 0 spiro atoms. The van der Waals surface area contributed by atoms with Crippen LogP contribution in [0, 0.1) is 11.7 Å². The number of benzene rings is 1. The summed E-state index contributed by atoms with van der Waals surface area (Å²) in [7, 11) is 1.17. The van der Waals surface area contributed by atoms with Crippen molar-refractivity contribution in [1.82, 2.24) is 0 Å². The van der Waals surface area contributed by atoms with E-state index in [0.717, 1.165) is 18.9 Å². The van der Waals surface area contributed by atoms with Crippen LogP contribution in [0.5, 0.6) is 0 Å². The van der Waals surface area contributed by atoms with Gasteiger partial charge in [-0.15, -0.1) is 0 Å². The third kappa shape index (κ3) is 4.26. The number of anilines is 1. The Balaban J connectivity index is 1.97. The minimum absolute atomic E-state index is 0.221. The second-order valence-electron chi connectivity index (χ2n) is 5.09. The number of halogens is 1. The highest BCUT2D eigenvalue weighted by Gasteiger charge is 2.24. The standard InChI is InChI=1S/C15H18FNO4/c1-9(21-8-10-3-4-10)14(18)17-11-5-6-13(16)12(7-11)15(19)20-2/h5-7,9-10H,3-4,8H2,1-2H3,(H,17,18)/t9-/m1/s1. The molecule has 6 heteroatoms. The smallest absolute Gasteiger partial charge is 0.340 e. The maximum Gasteiger partial charge on any atom is 0.340 e. The normalized spacial score (nSPS) is 15.4. The van der Waals surface area contributed by atoms with Crippen LogP contribution in [0.2, 0.25) is 0 Å². The first-order valence-corrected chi connectivity index (χ1v) is 6.81. The van der Waals surface area contributed by atoms with Gasteiger partial charge in [-0.1, -0.05) is 0 Å². The van der Waals surface area contributed by atoms with Gasteiger partial charge in [0.25, 0.3) is 5.91 Å². The summed E-state index contributed by atoms with van der Waals surface area (Å²) in [6.45, 7) is 2.23. The molecular formula is C15H18FNO4. The highest BCUT2D eigenvalue weighted by Crippen LogP contribution is 2.29. The van der Waals surface area contributed by atoms with Crippen LogP contribution < -0.4 is 5.32 Å². The van der Waals surface area contributed by atoms with Crippen molar-refractivity contribution >= 4 is 17.6 Å². The van der Waals surface area contributed by atoms with Crippen LogP contribution >= 0.6 is 0 Å². The molecule has 0 radical (unpaired) electrons. The molecule has 1 aromatic rings. The lowest BCUT2D eigenvalue weighted by molar-refractivity contribution is -0.126. The molecule has 21 heavy (non-hydrogen) atoms. The van der Waals surface area contributed by atoms with E-state index in [2.05, 4.69) is 10.1 Å². The molecule has 5 nitrogen and oxygen atoms in total. The molecule has 0 heterocycles. The zero-order chi connectivity index (χ0) is 15.4. The van der Waals surface area contributed by atoms with Gasteiger partial charge >= 0.3 is 5.97 Å². The molecule has 0 bridgehead atoms. The largest absolute Gasteiger partial charge is 0.465 e. The van der Waals surface area contributed by atoms with E-state index < -0.39 is 17.9 Å². The van der Waals surface area contributed by atoms with Crippen LogP contribution in [0.15, 0.2) is 18.2 Å². The highest BCUT2D eigenvalue weighted by molar-refractivity contribution is 5.96. The van der Waals surface area contributed by atoms with Crippen LogP contribution in [0.25, 0.3) is 0 Å². The minimum Gasteiger partial charge on any atom is -0.465 e. The van der Waals surface area contributed by atoms with E-state index in [4.69, 9.17) is 4.74 Å². The predicted molar refractivity (Wildman–Crippen MR) is 74.5 cm³/mol. The Morgan fingerprint density at radius 2 is 2.14 bits per heavy atom. The van der Waals surface area contributed by atoms with E-state index in [0.29, 0.717) is 18.2 Å². The highest BCUT2D eigenvalue weighted by atomic mass is 19.1. The Hall–Kier alpha value is -1.95. The van der Waals surface area contributed by atoms with E-state index in [1.807, 2.05) is 0 Å². The first-order chi connectivity index (χ1) is 10.0. The number of hydrogen-bond acceptors (Lipinski definition) is 4. The second-order valence-corrected chi connectivity index (χ2v) is 5.09. The van der Waals surface area contributed by atoms with Gasteiger partial charge in [-0.25, -0.2) is 9.18 Å². The zero-order valence-electron chi connectivity index (χ0n) is 12.0. The third-order valence-corrected chi connectivity index (χ3v) is 3.29. The lowest BCUT2D eigenvalue weighted by atomic mass is 10.2. The molecule has 1 aliphatic carbocycles. The fourth-order valence-corrected chi connectivity index (χ4v) is 1.75. The van der Waals surface area contributed by atoms with Gasteiger partial charge < -0.3 is 14.8 Å².